The molecule has 0 amide bonds. The largest absolute Gasteiger partial charge is 0.319 e. The molecule has 0 aliphatic carbocycles. The summed E-state index contributed by atoms with van der Waals surface area (Å²) in [5.74, 6) is 0.266. The van der Waals surface area contributed by atoms with Crippen molar-refractivity contribution < 1.29 is 0 Å². The summed E-state index contributed by atoms with van der Waals surface area (Å²) in [7, 11) is 1.97. The Bertz CT molecular complexity index is 667. The third kappa shape index (κ3) is 5.23. The van der Waals surface area contributed by atoms with Crippen LogP contribution in [-0.4, -0.2) is 23.8 Å². The van der Waals surface area contributed by atoms with Crippen LogP contribution in [0.1, 0.15) is 24.0 Å². The predicted octanol–water partition coefficient (Wildman–Crippen LogP) is 4.58. The molecular weight excluding hydrogens is 306 g/mol. The lowest BCUT2D eigenvalue weighted by molar-refractivity contribution is 0.707. The molecule has 0 spiro atoms. The van der Waals surface area contributed by atoms with E-state index in [0.29, 0.717) is 0 Å². The Hall–Kier alpha value is -2.10. The van der Waals surface area contributed by atoms with Crippen LogP contribution in [-0.2, 0) is 0 Å². The minimum Gasteiger partial charge on any atom is -0.319 e. The molecule has 4 heteroatoms. The summed E-state index contributed by atoms with van der Waals surface area (Å²) in [5.41, 5.74) is 3.53. The molecule has 1 aromatic carbocycles. The van der Waals surface area contributed by atoms with E-state index in [0.717, 1.165) is 17.1 Å². The van der Waals surface area contributed by atoms with Gasteiger partial charge >= 0.3 is 0 Å². The molecule has 0 aliphatic heterocycles. The molecule has 23 heavy (non-hydrogen) atoms. The second-order valence-corrected chi connectivity index (χ2v) is 5.66. The van der Waals surface area contributed by atoms with Gasteiger partial charge in [0.2, 0.25) is 0 Å². The molecule has 3 nitrogen and oxygen atoms in total. The zero-order valence-corrected chi connectivity index (χ0v) is 14.2. The van der Waals surface area contributed by atoms with Crippen molar-refractivity contribution >= 4 is 17.7 Å². The number of hydrogen-bond acceptors (Lipinski definition) is 2. The van der Waals surface area contributed by atoms with E-state index in [1.165, 1.54) is 11.1 Å². The smallest absolute Gasteiger partial charge is 0.0559 e. The van der Waals surface area contributed by atoms with E-state index < -0.39 is 0 Å². The number of halogens is 1. The summed E-state index contributed by atoms with van der Waals surface area (Å²) in [6, 6.07) is 8.05. The summed E-state index contributed by atoms with van der Waals surface area (Å²) in [5, 5.41) is 10.8. The van der Waals surface area contributed by atoms with Crippen molar-refractivity contribution in [3.63, 3.8) is 0 Å². The Morgan fingerprint density at radius 1 is 1.35 bits per heavy atom. The maximum atomic E-state index is 6.01. The first kappa shape index (κ1) is 17.3. The summed E-state index contributed by atoms with van der Waals surface area (Å²) >= 11 is 6.01. The lowest BCUT2D eigenvalue weighted by atomic mass is 9.90. The molecule has 1 heterocycles. The average Bonchev–Trinajstić information content (AvgIpc) is 3.06. The van der Waals surface area contributed by atoms with Gasteiger partial charge in [0, 0.05) is 29.2 Å². The van der Waals surface area contributed by atoms with Crippen molar-refractivity contribution in [3.8, 4) is 0 Å². The van der Waals surface area contributed by atoms with Crippen LogP contribution in [0.2, 0.25) is 5.02 Å². The van der Waals surface area contributed by atoms with E-state index in [-0.39, 0.29) is 5.92 Å². The van der Waals surface area contributed by atoms with Crippen molar-refractivity contribution in [2.45, 2.75) is 12.8 Å². The zero-order chi connectivity index (χ0) is 16.5. The van der Waals surface area contributed by atoms with Gasteiger partial charge in [-0.1, -0.05) is 54.1 Å². The first-order valence-electron chi connectivity index (χ1n) is 7.64. The second kappa shape index (κ2) is 9.13. The third-order valence-electron chi connectivity index (χ3n) is 3.54. The molecular formula is C19H22ClN3. The van der Waals surface area contributed by atoms with E-state index in [1.54, 1.807) is 6.20 Å². The Morgan fingerprint density at radius 3 is 2.74 bits per heavy atom. The van der Waals surface area contributed by atoms with Gasteiger partial charge in [0.15, 0.2) is 0 Å². The van der Waals surface area contributed by atoms with Gasteiger partial charge in [-0.05, 0) is 37.2 Å². The van der Waals surface area contributed by atoms with E-state index in [4.69, 9.17) is 11.6 Å². The van der Waals surface area contributed by atoms with Gasteiger partial charge in [-0.2, -0.15) is 5.10 Å². The number of rotatable bonds is 7. The number of aromatic amines is 1. The Kier molecular flexibility index (Phi) is 6.85. The SMILES string of the molecule is C\C=C/C(=C\C=C\c1cn[nH]c1)[C@H](CNC)c1ccc(Cl)cc1. The Morgan fingerprint density at radius 2 is 2.13 bits per heavy atom. The Balaban J connectivity index is 2.28. The van der Waals surface area contributed by atoms with Gasteiger partial charge in [-0.3, -0.25) is 5.10 Å². The molecule has 2 aromatic rings. The van der Waals surface area contributed by atoms with Crippen LogP contribution < -0.4 is 5.32 Å². The highest BCUT2D eigenvalue weighted by molar-refractivity contribution is 6.30. The summed E-state index contributed by atoms with van der Waals surface area (Å²) in [4.78, 5) is 0. The molecule has 0 fully saturated rings. The van der Waals surface area contributed by atoms with E-state index in [9.17, 15) is 0 Å². The number of nitrogens with zero attached hydrogens (tertiary/aromatic N) is 1. The highest BCUT2D eigenvalue weighted by Gasteiger charge is 2.13. The fourth-order valence-electron chi connectivity index (χ4n) is 2.43. The summed E-state index contributed by atoms with van der Waals surface area (Å²) in [6.07, 6.45) is 14.1. The molecule has 120 valence electrons. The van der Waals surface area contributed by atoms with E-state index in [1.807, 2.05) is 38.4 Å². The highest BCUT2D eigenvalue weighted by atomic mass is 35.5. The molecule has 0 aliphatic rings. The fraction of sp³-hybridized carbons (Fsp3) is 0.211. The maximum absolute atomic E-state index is 6.01. The molecule has 0 unspecified atom stereocenters. The van der Waals surface area contributed by atoms with Gasteiger partial charge in [-0.25, -0.2) is 0 Å². The van der Waals surface area contributed by atoms with Crippen LogP contribution in [0, 0.1) is 0 Å². The van der Waals surface area contributed by atoms with Gasteiger partial charge < -0.3 is 5.32 Å². The topological polar surface area (TPSA) is 40.7 Å². The van der Waals surface area contributed by atoms with Crippen molar-refractivity contribution in [3.05, 3.63) is 82.7 Å². The second-order valence-electron chi connectivity index (χ2n) is 5.22. The lowest BCUT2D eigenvalue weighted by Crippen LogP contribution is -2.18. The number of aromatic nitrogens is 2. The quantitative estimate of drug-likeness (QED) is 0.731. The van der Waals surface area contributed by atoms with Crippen LogP contribution in [0.25, 0.3) is 6.08 Å². The predicted molar refractivity (Wildman–Crippen MR) is 98.6 cm³/mol. The van der Waals surface area contributed by atoms with Gasteiger partial charge in [0.25, 0.3) is 0 Å². The number of allylic oxidation sites excluding steroid dienone is 4. The zero-order valence-electron chi connectivity index (χ0n) is 13.5. The van der Waals surface area contributed by atoms with Crippen LogP contribution >= 0.6 is 11.6 Å². The van der Waals surface area contributed by atoms with Gasteiger partial charge in [0.1, 0.15) is 0 Å². The standard InChI is InChI=1S/C19H22ClN3/c1-3-5-16(7-4-6-15-12-22-23-13-15)19(14-21-2)17-8-10-18(20)11-9-17/h3-13,19,21H,14H2,1-2H3,(H,22,23)/b5-3-,6-4+,16-7+/t19-/m0/s1. The fourth-order valence-corrected chi connectivity index (χ4v) is 2.56. The molecule has 0 saturated heterocycles. The van der Waals surface area contributed by atoms with Crippen molar-refractivity contribution in [1.29, 1.82) is 0 Å². The number of benzene rings is 1. The monoisotopic (exact) mass is 327 g/mol. The normalized spacial score (nSPS) is 14.0. The highest BCUT2D eigenvalue weighted by Crippen LogP contribution is 2.26. The van der Waals surface area contributed by atoms with Gasteiger partial charge in [0.05, 0.1) is 6.20 Å². The van der Waals surface area contributed by atoms with E-state index >= 15 is 0 Å². The van der Waals surface area contributed by atoms with Crippen molar-refractivity contribution in [2.75, 3.05) is 13.6 Å². The molecule has 0 saturated carbocycles. The first-order valence-corrected chi connectivity index (χ1v) is 8.02. The van der Waals surface area contributed by atoms with E-state index in [2.05, 4.69) is 52.0 Å². The first-order chi connectivity index (χ1) is 11.2. The van der Waals surface area contributed by atoms with Gasteiger partial charge in [-0.15, -0.1) is 0 Å². The van der Waals surface area contributed by atoms with Crippen molar-refractivity contribution in [1.82, 2.24) is 15.5 Å². The minimum atomic E-state index is 0.266. The summed E-state index contributed by atoms with van der Waals surface area (Å²) < 4.78 is 0. The number of nitrogens with one attached hydrogen (secondary N) is 2. The number of H-pyrrole nitrogens is 1. The van der Waals surface area contributed by atoms with Crippen LogP contribution in [0.15, 0.2) is 66.5 Å². The average molecular weight is 328 g/mol. The lowest BCUT2D eigenvalue weighted by Gasteiger charge is -2.18. The molecule has 0 radical (unpaired) electrons. The van der Waals surface area contributed by atoms with Crippen molar-refractivity contribution in [2.24, 2.45) is 0 Å². The minimum absolute atomic E-state index is 0.266. The number of likely N-dealkylation sites (N-methyl/N-ethyl adjacent to an activating group) is 1. The molecule has 2 rings (SSSR count). The maximum Gasteiger partial charge on any atom is 0.0559 e. The molecule has 1 atom stereocenters. The Labute approximate surface area is 142 Å². The molecule has 1 aromatic heterocycles. The number of hydrogen-bond donors (Lipinski definition) is 2. The third-order valence-corrected chi connectivity index (χ3v) is 3.79. The molecule has 0 bridgehead atoms. The molecule has 2 N–H and O–H groups in total. The van der Waals surface area contributed by atoms with Crippen LogP contribution in [0.4, 0.5) is 0 Å². The van der Waals surface area contributed by atoms with Crippen LogP contribution in [0.3, 0.4) is 0 Å². The van der Waals surface area contributed by atoms with Crippen LogP contribution in [0.5, 0.6) is 0 Å². The summed E-state index contributed by atoms with van der Waals surface area (Å²) in [6.45, 7) is 2.89.